The van der Waals surface area contributed by atoms with Crippen molar-refractivity contribution in [3.63, 3.8) is 0 Å². The minimum Gasteiger partial charge on any atom is -0.457 e. The molecule has 0 aromatic heterocycles. The summed E-state index contributed by atoms with van der Waals surface area (Å²) in [7, 11) is 0. The summed E-state index contributed by atoms with van der Waals surface area (Å²) in [4.78, 5) is 23.9. The summed E-state index contributed by atoms with van der Waals surface area (Å²) in [6, 6.07) is 9.01. The number of anilines is 1. The standard InChI is InChI=1S/C22H12Cl2F6N2O4/c23-13-8-12(9-14(24)18(13)36-22(29,30)20(27)28)35-11-6-4-10(5-7-11)31-21(34)32-19(33)17-15(25)2-1-3-16(17)26/h1-9,20H,(H2,31,32,33,34). The van der Waals surface area contributed by atoms with Gasteiger partial charge in [-0.15, -0.1) is 0 Å². The number of carbonyl (C=O) groups excluding carboxylic acids is 2. The van der Waals surface area contributed by atoms with Crippen LogP contribution in [0.1, 0.15) is 10.4 Å². The fourth-order valence-corrected chi connectivity index (χ4v) is 3.20. The third-order valence-electron chi connectivity index (χ3n) is 4.23. The molecule has 0 bridgehead atoms. The molecule has 14 heteroatoms. The number of imide groups is 1. The molecule has 6 nitrogen and oxygen atoms in total. The van der Waals surface area contributed by atoms with E-state index in [-0.39, 0.29) is 17.2 Å². The number of carbonyl (C=O) groups is 2. The largest absolute Gasteiger partial charge is 0.461 e. The van der Waals surface area contributed by atoms with Gasteiger partial charge in [0, 0.05) is 17.8 Å². The Morgan fingerprint density at radius 1 is 0.889 bits per heavy atom. The number of alkyl halides is 4. The van der Waals surface area contributed by atoms with E-state index in [1.54, 1.807) is 5.32 Å². The van der Waals surface area contributed by atoms with Gasteiger partial charge >= 0.3 is 18.6 Å². The number of hydrogen-bond donors (Lipinski definition) is 2. The van der Waals surface area contributed by atoms with Crippen LogP contribution in [-0.2, 0) is 0 Å². The summed E-state index contributed by atoms with van der Waals surface area (Å²) in [5.74, 6) is -4.38. The molecule has 0 radical (unpaired) electrons. The third-order valence-corrected chi connectivity index (χ3v) is 4.79. The molecule has 190 valence electrons. The van der Waals surface area contributed by atoms with E-state index >= 15 is 0 Å². The SMILES string of the molecule is O=C(NC(=O)c1c(F)cccc1F)Nc1ccc(Oc2cc(Cl)c(OC(F)(F)C(F)F)c(Cl)c2)cc1. The van der Waals surface area contributed by atoms with Gasteiger partial charge in [-0.25, -0.2) is 13.6 Å². The van der Waals surface area contributed by atoms with Crippen LogP contribution in [0.25, 0.3) is 0 Å². The summed E-state index contributed by atoms with van der Waals surface area (Å²) >= 11 is 11.6. The molecular weight excluding hydrogens is 541 g/mol. The fourth-order valence-electron chi connectivity index (χ4n) is 2.66. The highest BCUT2D eigenvalue weighted by Gasteiger charge is 2.45. The predicted molar refractivity (Wildman–Crippen MR) is 117 cm³/mol. The summed E-state index contributed by atoms with van der Waals surface area (Å²) < 4.78 is 87.7. The Balaban J connectivity index is 1.64. The zero-order chi connectivity index (χ0) is 26.6. The molecule has 0 aliphatic carbocycles. The van der Waals surface area contributed by atoms with E-state index in [1.165, 1.54) is 24.3 Å². The van der Waals surface area contributed by atoms with Crippen LogP contribution < -0.4 is 20.1 Å². The van der Waals surface area contributed by atoms with E-state index in [1.807, 2.05) is 0 Å². The van der Waals surface area contributed by atoms with Gasteiger partial charge < -0.3 is 14.8 Å². The number of benzene rings is 3. The molecule has 0 atom stereocenters. The minimum atomic E-state index is -4.82. The molecular formula is C22H12Cl2F6N2O4. The van der Waals surface area contributed by atoms with Gasteiger partial charge in [-0.1, -0.05) is 29.3 Å². The van der Waals surface area contributed by atoms with Crippen molar-refractivity contribution in [2.45, 2.75) is 12.5 Å². The number of nitrogens with one attached hydrogen (secondary N) is 2. The van der Waals surface area contributed by atoms with Crippen LogP contribution in [0.3, 0.4) is 0 Å². The highest BCUT2D eigenvalue weighted by atomic mass is 35.5. The maximum Gasteiger partial charge on any atom is 0.461 e. The van der Waals surface area contributed by atoms with E-state index in [9.17, 15) is 35.9 Å². The molecule has 3 aromatic rings. The monoisotopic (exact) mass is 552 g/mol. The van der Waals surface area contributed by atoms with E-state index < -0.39 is 57.5 Å². The van der Waals surface area contributed by atoms with E-state index in [4.69, 9.17) is 27.9 Å². The molecule has 3 rings (SSSR count). The highest BCUT2D eigenvalue weighted by molar-refractivity contribution is 6.37. The van der Waals surface area contributed by atoms with Crippen LogP contribution in [-0.4, -0.2) is 24.5 Å². The Hall–Kier alpha value is -3.64. The second-order valence-corrected chi connectivity index (χ2v) is 7.63. The number of rotatable bonds is 7. The van der Waals surface area contributed by atoms with E-state index in [2.05, 4.69) is 10.1 Å². The summed E-state index contributed by atoms with van der Waals surface area (Å²) in [5.41, 5.74) is -0.779. The molecule has 0 unspecified atom stereocenters. The number of ether oxygens (including phenoxy) is 2. The first-order chi connectivity index (χ1) is 16.9. The van der Waals surface area contributed by atoms with Gasteiger partial charge in [-0.3, -0.25) is 10.1 Å². The molecule has 2 N–H and O–H groups in total. The molecule has 0 aliphatic heterocycles. The zero-order valence-electron chi connectivity index (χ0n) is 17.4. The Bertz CT molecular complexity index is 1250. The molecule has 0 saturated carbocycles. The van der Waals surface area contributed by atoms with Gasteiger partial charge in [-0.2, -0.15) is 17.6 Å². The molecule has 0 spiro atoms. The van der Waals surface area contributed by atoms with Crippen LogP contribution in [0.15, 0.2) is 54.6 Å². The van der Waals surface area contributed by atoms with Crippen molar-refractivity contribution >= 4 is 40.8 Å². The molecule has 3 aromatic carbocycles. The number of halogens is 8. The summed E-state index contributed by atoms with van der Waals surface area (Å²) in [5, 5.41) is 3.00. The van der Waals surface area contributed by atoms with Crippen molar-refractivity contribution in [3.8, 4) is 17.2 Å². The van der Waals surface area contributed by atoms with Crippen molar-refractivity contribution in [2.24, 2.45) is 0 Å². The van der Waals surface area contributed by atoms with Crippen LogP contribution in [0, 0.1) is 11.6 Å². The number of amides is 3. The van der Waals surface area contributed by atoms with Crippen molar-refractivity contribution in [3.05, 3.63) is 81.8 Å². The molecule has 0 aliphatic rings. The number of urea groups is 1. The van der Waals surface area contributed by atoms with E-state index in [0.717, 1.165) is 30.3 Å². The average molecular weight is 553 g/mol. The third kappa shape index (κ3) is 6.52. The number of hydrogen-bond acceptors (Lipinski definition) is 4. The average Bonchev–Trinajstić information content (AvgIpc) is 2.77. The van der Waals surface area contributed by atoms with Gasteiger partial charge in [-0.05, 0) is 36.4 Å². The molecule has 0 fully saturated rings. The van der Waals surface area contributed by atoms with Gasteiger partial charge in [0.1, 0.15) is 28.7 Å². The lowest BCUT2D eigenvalue weighted by atomic mass is 10.2. The quantitative estimate of drug-likeness (QED) is 0.302. The Morgan fingerprint density at radius 2 is 1.44 bits per heavy atom. The highest BCUT2D eigenvalue weighted by Crippen LogP contribution is 2.41. The summed E-state index contributed by atoms with van der Waals surface area (Å²) in [6.07, 6.45) is -8.94. The smallest absolute Gasteiger partial charge is 0.457 e. The van der Waals surface area contributed by atoms with Crippen LogP contribution in [0.2, 0.25) is 10.0 Å². The summed E-state index contributed by atoms with van der Waals surface area (Å²) in [6.45, 7) is 0. The van der Waals surface area contributed by atoms with Crippen LogP contribution in [0.5, 0.6) is 17.2 Å². The van der Waals surface area contributed by atoms with E-state index in [0.29, 0.717) is 0 Å². The fraction of sp³-hybridized carbons (Fsp3) is 0.0909. The first kappa shape index (κ1) is 27.0. The van der Waals surface area contributed by atoms with Crippen molar-refractivity contribution in [2.75, 3.05) is 5.32 Å². The Kier molecular flexibility index (Phi) is 8.21. The molecule has 3 amide bonds. The van der Waals surface area contributed by atoms with Gasteiger partial charge in [0.2, 0.25) is 0 Å². The second kappa shape index (κ2) is 11.0. The van der Waals surface area contributed by atoms with Gasteiger partial charge in [0.15, 0.2) is 5.75 Å². The minimum absolute atomic E-state index is 0.0614. The van der Waals surface area contributed by atoms with Crippen LogP contribution in [0.4, 0.5) is 36.8 Å². The lowest BCUT2D eigenvalue weighted by Gasteiger charge is -2.19. The first-order valence-corrected chi connectivity index (χ1v) is 10.3. The molecule has 0 saturated heterocycles. The van der Waals surface area contributed by atoms with Crippen molar-refractivity contribution in [1.29, 1.82) is 0 Å². The second-order valence-electron chi connectivity index (χ2n) is 6.81. The first-order valence-electron chi connectivity index (χ1n) is 9.55. The molecule has 36 heavy (non-hydrogen) atoms. The van der Waals surface area contributed by atoms with Gasteiger partial charge in [0.25, 0.3) is 5.91 Å². The van der Waals surface area contributed by atoms with Gasteiger partial charge in [0.05, 0.1) is 10.0 Å². The predicted octanol–water partition coefficient (Wildman–Crippen LogP) is 7.26. The lowest BCUT2D eigenvalue weighted by molar-refractivity contribution is -0.253. The van der Waals surface area contributed by atoms with Crippen LogP contribution >= 0.6 is 23.2 Å². The molecule has 0 heterocycles. The maximum atomic E-state index is 13.6. The maximum absolute atomic E-state index is 13.6. The topological polar surface area (TPSA) is 76.7 Å². The Labute approximate surface area is 208 Å². The lowest BCUT2D eigenvalue weighted by Crippen LogP contribution is -2.35. The zero-order valence-corrected chi connectivity index (χ0v) is 18.9. The normalized spacial score (nSPS) is 11.2. The van der Waals surface area contributed by atoms with Crippen molar-refractivity contribution < 1.29 is 45.4 Å². The van der Waals surface area contributed by atoms with Crippen molar-refractivity contribution in [1.82, 2.24) is 5.32 Å². The Morgan fingerprint density at radius 3 is 1.97 bits per heavy atom.